The van der Waals surface area contributed by atoms with Gasteiger partial charge in [-0.2, -0.15) is 5.10 Å². The number of benzene rings is 1. The van der Waals surface area contributed by atoms with Crippen molar-refractivity contribution >= 4 is 11.8 Å². The fourth-order valence-electron chi connectivity index (χ4n) is 4.24. The molecule has 4 rings (SSSR count). The van der Waals surface area contributed by atoms with Crippen molar-refractivity contribution in [2.24, 2.45) is 0 Å². The van der Waals surface area contributed by atoms with E-state index in [0.29, 0.717) is 25.9 Å². The maximum Gasteiger partial charge on any atom is 0.253 e. The fourth-order valence-corrected chi connectivity index (χ4v) is 4.24. The van der Waals surface area contributed by atoms with Crippen molar-refractivity contribution in [3.63, 3.8) is 0 Å². The minimum absolute atomic E-state index is 0.0484. The van der Waals surface area contributed by atoms with Crippen LogP contribution in [-0.4, -0.2) is 57.6 Å². The third-order valence-corrected chi connectivity index (χ3v) is 5.83. The number of hydrogen-bond acceptors (Lipinski definition) is 3. The van der Waals surface area contributed by atoms with Gasteiger partial charge in [-0.15, -0.1) is 0 Å². The molecular weight excluding hydrogens is 340 g/mol. The molecule has 142 valence electrons. The van der Waals surface area contributed by atoms with Crippen molar-refractivity contribution in [3.8, 4) is 0 Å². The normalized spacial score (nSPS) is 18.9. The Morgan fingerprint density at radius 2 is 1.63 bits per heavy atom. The number of aryl methyl sites for hydroxylation is 2. The zero-order valence-corrected chi connectivity index (χ0v) is 16.0. The van der Waals surface area contributed by atoms with Crippen LogP contribution in [0.4, 0.5) is 0 Å². The van der Waals surface area contributed by atoms with Crippen LogP contribution >= 0.6 is 0 Å². The Balaban J connectivity index is 1.54. The van der Waals surface area contributed by atoms with E-state index in [1.54, 1.807) is 6.20 Å². The van der Waals surface area contributed by atoms with E-state index in [4.69, 9.17) is 0 Å². The van der Waals surface area contributed by atoms with E-state index >= 15 is 0 Å². The number of carbonyl (C=O) groups is 2. The van der Waals surface area contributed by atoms with E-state index in [1.807, 2.05) is 52.7 Å². The maximum atomic E-state index is 13.2. The zero-order valence-electron chi connectivity index (χ0n) is 16.0. The van der Waals surface area contributed by atoms with Gasteiger partial charge < -0.3 is 9.80 Å². The van der Waals surface area contributed by atoms with E-state index in [1.165, 1.54) is 0 Å². The highest BCUT2D eigenvalue weighted by Gasteiger charge is 2.47. The van der Waals surface area contributed by atoms with E-state index < -0.39 is 5.54 Å². The number of nitrogens with zero attached hydrogens (tertiary/aromatic N) is 4. The monoisotopic (exact) mass is 366 g/mol. The van der Waals surface area contributed by atoms with Gasteiger partial charge in [-0.1, -0.05) is 17.2 Å². The molecule has 2 aromatic rings. The van der Waals surface area contributed by atoms with Crippen LogP contribution in [0.2, 0.25) is 0 Å². The first kappa shape index (κ1) is 17.8. The first-order chi connectivity index (χ1) is 13.0. The van der Waals surface area contributed by atoms with Crippen molar-refractivity contribution in [3.05, 3.63) is 53.3 Å². The molecule has 6 heteroatoms. The number of carbonyl (C=O) groups excluding carboxylic acids is 2. The lowest BCUT2D eigenvalue weighted by molar-refractivity contribution is -0.147. The standard InChI is InChI=1S/C21H26N4O2/c1-16-13-17(2)15-18(14-16)19(26)23-11-5-21(6-12-23,25-10-3-7-22-25)20(27)24-8-4-9-24/h3,7,10,13-15H,4-6,8-9,11-12H2,1-2H3. The lowest BCUT2D eigenvalue weighted by atomic mass is 9.84. The summed E-state index contributed by atoms with van der Waals surface area (Å²) in [7, 11) is 0. The summed E-state index contributed by atoms with van der Waals surface area (Å²) in [4.78, 5) is 30.0. The van der Waals surface area contributed by atoms with Crippen LogP contribution in [0.1, 0.15) is 40.7 Å². The van der Waals surface area contributed by atoms with Crippen LogP contribution in [0.5, 0.6) is 0 Å². The van der Waals surface area contributed by atoms with E-state index in [-0.39, 0.29) is 11.8 Å². The second-order valence-corrected chi connectivity index (χ2v) is 7.80. The first-order valence-electron chi connectivity index (χ1n) is 9.67. The van der Waals surface area contributed by atoms with Crippen LogP contribution < -0.4 is 0 Å². The molecule has 0 saturated carbocycles. The van der Waals surface area contributed by atoms with Gasteiger partial charge in [-0.25, -0.2) is 0 Å². The summed E-state index contributed by atoms with van der Waals surface area (Å²) in [5.74, 6) is 0.197. The molecule has 0 aliphatic carbocycles. The molecule has 1 aromatic carbocycles. The van der Waals surface area contributed by atoms with Crippen molar-refractivity contribution in [2.75, 3.05) is 26.2 Å². The highest BCUT2D eigenvalue weighted by molar-refractivity contribution is 5.95. The molecule has 27 heavy (non-hydrogen) atoms. The van der Waals surface area contributed by atoms with Gasteiger partial charge in [0, 0.05) is 44.1 Å². The molecule has 6 nitrogen and oxygen atoms in total. The lowest BCUT2D eigenvalue weighted by Crippen LogP contribution is -2.59. The third kappa shape index (κ3) is 3.13. The highest BCUT2D eigenvalue weighted by atomic mass is 16.2. The number of aromatic nitrogens is 2. The number of hydrogen-bond donors (Lipinski definition) is 0. The molecule has 3 heterocycles. The quantitative estimate of drug-likeness (QED) is 0.838. The Bertz CT molecular complexity index is 827. The summed E-state index contributed by atoms with van der Waals surface area (Å²) < 4.78 is 1.81. The Morgan fingerprint density at radius 3 is 2.15 bits per heavy atom. The van der Waals surface area contributed by atoms with Gasteiger partial charge >= 0.3 is 0 Å². The first-order valence-corrected chi connectivity index (χ1v) is 9.67. The Labute approximate surface area is 159 Å². The van der Waals surface area contributed by atoms with Gasteiger partial charge in [0.15, 0.2) is 0 Å². The van der Waals surface area contributed by atoms with Crippen molar-refractivity contribution in [2.45, 2.75) is 38.6 Å². The summed E-state index contributed by atoms with van der Waals surface area (Å²) in [5.41, 5.74) is 2.25. The Hall–Kier alpha value is -2.63. The molecule has 2 saturated heterocycles. The van der Waals surface area contributed by atoms with Gasteiger partial charge in [-0.05, 0) is 51.3 Å². The van der Waals surface area contributed by atoms with Crippen LogP contribution in [0.3, 0.4) is 0 Å². The van der Waals surface area contributed by atoms with E-state index in [0.717, 1.165) is 36.2 Å². The largest absolute Gasteiger partial charge is 0.340 e. The van der Waals surface area contributed by atoms with E-state index in [2.05, 4.69) is 11.2 Å². The molecule has 0 unspecified atom stereocenters. The number of amides is 2. The molecule has 0 radical (unpaired) electrons. The molecule has 0 N–H and O–H groups in total. The number of rotatable bonds is 3. The van der Waals surface area contributed by atoms with Crippen LogP contribution in [0.15, 0.2) is 36.7 Å². The van der Waals surface area contributed by atoms with Gasteiger partial charge in [0.1, 0.15) is 5.54 Å². The number of piperidine rings is 1. The zero-order chi connectivity index (χ0) is 19.0. The fraction of sp³-hybridized carbons (Fsp3) is 0.476. The summed E-state index contributed by atoms with van der Waals surface area (Å²) in [5, 5.41) is 4.39. The van der Waals surface area contributed by atoms with Gasteiger partial charge in [0.05, 0.1) is 0 Å². The minimum atomic E-state index is -0.663. The van der Waals surface area contributed by atoms with Gasteiger partial charge in [0.25, 0.3) is 11.8 Å². The average molecular weight is 366 g/mol. The summed E-state index contributed by atoms with van der Waals surface area (Å²) in [6, 6.07) is 7.81. The smallest absolute Gasteiger partial charge is 0.253 e. The second kappa shape index (κ2) is 6.83. The molecular formula is C21H26N4O2. The van der Waals surface area contributed by atoms with Crippen molar-refractivity contribution in [1.29, 1.82) is 0 Å². The molecule has 2 aliphatic heterocycles. The second-order valence-electron chi connectivity index (χ2n) is 7.80. The van der Waals surface area contributed by atoms with Crippen LogP contribution in [0.25, 0.3) is 0 Å². The highest BCUT2D eigenvalue weighted by Crippen LogP contribution is 2.34. The molecule has 0 atom stereocenters. The molecule has 1 aromatic heterocycles. The van der Waals surface area contributed by atoms with Gasteiger partial charge in [-0.3, -0.25) is 14.3 Å². The predicted molar refractivity (Wildman–Crippen MR) is 102 cm³/mol. The molecule has 2 fully saturated rings. The molecule has 0 spiro atoms. The van der Waals surface area contributed by atoms with Gasteiger partial charge in [0.2, 0.25) is 0 Å². The Morgan fingerprint density at radius 1 is 0.963 bits per heavy atom. The SMILES string of the molecule is Cc1cc(C)cc(C(=O)N2CCC(C(=O)N3CCC3)(n3cccn3)CC2)c1. The molecule has 0 bridgehead atoms. The maximum absolute atomic E-state index is 13.2. The molecule has 2 amide bonds. The summed E-state index contributed by atoms with van der Waals surface area (Å²) >= 11 is 0. The van der Waals surface area contributed by atoms with Crippen LogP contribution in [-0.2, 0) is 10.3 Å². The third-order valence-electron chi connectivity index (χ3n) is 5.83. The Kier molecular flexibility index (Phi) is 4.50. The van der Waals surface area contributed by atoms with Crippen molar-refractivity contribution < 1.29 is 9.59 Å². The topological polar surface area (TPSA) is 58.4 Å². The lowest BCUT2D eigenvalue weighted by Gasteiger charge is -2.45. The van der Waals surface area contributed by atoms with Crippen LogP contribution in [0, 0.1) is 13.8 Å². The predicted octanol–water partition coefficient (Wildman–Crippen LogP) is 2.36. The number of likely N-dealkylation sites (tertiary alicyclic amines) is 2. The van der Waals surface area contributed by atoms with E-state index in [9.17, 15) is 9.59 Å². The molecule has 2 aliphatic rings. The van der Waals surface area contributed by atoms with Crippen molar-refractivity contribution in [1.82, 2.24) is 19.6 Å². The summed E-state index contributed by atoms with van der Waals surface area (Å²) in [6.07, 6.45) is 5.86. The average Bonchev–Trinajstić information content (AvgIpc) is 3.14. The minimum Gasteiger partial charge on any atom is -0.340 e. The summed E-state index contributed by atoms with van der Waals surface area (Å²) in [6.45, 7) is 6.79.